The van der Waals surface area contributed by atoms with Crippen LogP contribution in [0.15, 0.2) is 0 Å². The molecular weight excluding hydrogens is 131 g/mol. The minimum Gasteiger partial charge on any atom is -0.402 e. The normalized spacial score (nSPS) is 19.8. The summed E-state index contributed by atoms with van der Waals surface area (Å²) in [7, 11) is 0.405. The molecule has 1 rings (SSSR count). The van der Waals surface area contributed by atoms with Gasteiger partial charge in [0.2, 0.25) is 0 Å². The second-order valence-electron chi connectivity index (χ2n) is 2.59. The summed E-state index contributed by atoms with van der Waals surface area (Å²) < 4.78 is 9.64. The molecule has 1 fully saturated rings. The van der Waals surface area contributed by atoms with Crippen molar-refractivity contribution in [3.63, 3.8) is 0 Å². The van der Waals surface area contributed by atoms with Crippen LogP contribution in [-0.4, -0.2) is 25.6 Å². The highest BCUT2D eigenvalue weighted by atomic mass is 16.7. The van der Waals surface area contributed by atoms with Crippen molar-refractivity contribution in [3.8, 4) is 0 Å². The molecule has 0 aromatic carbocycles. The fourth-order valence-electron chi connectivity index (χ4n) is 1.24. The minimum absolute atomic E-state index is 0.218. The summed E-state index contributed by atoms with van der Waals surface area (Å²) in [5, 5.41) is 8.87. The fraction of sp³-hybridized carbons (Fsp3) is 1.00. The Morgan fingerprint density at radius 1 is 1.40 bits per heavy atom. The van der Waals surface area contributed by atoms with Gasteiger partial charge in [-0.2, -0.15) is 0 Å². The Labute approximate surface area is 61.5 Å². The summed E-state index contributed by atoms with van der Waals surface area (Å²) in [6.45, 7) is 0. The lowest BCUT2D eigenvalue weighted by Gasteiger charge is -2.11. The average molecular weight is 144 g/mol. The zero-order valence-electron chi connectivity index (χ0n) is 6.25. The summed E-state index contributed by atoms with van der Waals surface area (Å²) in [5.41, 5.74) is 0. The van der Waals surface area contributed by atoms with Crippen molar-refractivity contribution in [1.82, 2.24) is 0 Å². The monoisotopic (exact) mass is 144 g/mol. The van der Waals surface area contributed by atoms with Crippen LogP contribution in [0.3, 0.4) is 0 Å². The molecule has 0 heterocycles. The Bertz CT molecular complexity index is 93.0. The molecule has 0 unspecified atom stereocenters. The van der Waals surface area contributed by atoms with Gasteiger partial charge in [-0.15, -0.1) is 0 Å². The molecule has 1 aliphatic rings. The highest BCUT2D eigenvalue weighted by Crippen LogP contribution is 2.20. The molecule has 0 aromatic rings. The van der Waals surface area contributed by atoms with Crippen LogP contribution >= 0.6 is 0 Å². The molecule has 10 heavy (non-hydrogen) atoms. The molecule has 0 aliphatic heterocycles. The molecular formula is C6H13BO3. The van der Waals surface area contributed by atoms with Gasteiger partial charge in [-0.3, -0.25) is 0 Å². The lowest BCUT2D eigenvalue weighted by Crippen LogP contribution is -2.26. The third-order valence-electron chi connectivity index (χ3n) is 1.81. The Kier molecular flexibility index (Phi) is 3.18. The van der Waals surface area contributed by atoms with Crippen LogP contribution in [0.2, 0.25) is 0 Å². The molecule has 1 N–H and O–H groups in total. The quantitative estimate of drug-likeness (QED) is 0.588. The topological polar surface area (TPSA) is 38.7 Å². The first-order valence-corrected chi connectivity index (χ1v) is 3.69. The van der Waals surface area contributed by atoms with Gasteiger partial charge in [0.15, 0.2) is 0 Å². The van der Waals surface area contributed by atoms with Crippen LogP contribution in [0, 0.1) is 0 Å². The number of rotatable bonds is 3. The number of hydrogen-bond donors (Lipinski definition) is 1. The zero-order valence-corrected chi connectivity index (χ0v) is 6.25. The van der Waals surface area contributed by atoms with Crippen molar-refractivity contribution in [3.05, 3.63) is 0 Å². The van der Waals surface area contributed by atoms with Crippen LogP contribution in [0.4, 0.5) is 0 Å². The first-order valence-electron chi connectivity index (χ1n) is 3.69. The van der Waals surface area contributed by atoms with Gasteiger partial charge in [-0.05, 0) is 12.8 Å². The van der Waals surface area contributed by atoms with Crippen molar-refractivity contribution in [2.24, 2.45) is 0 Å². The van der Waals surface area contributed by atoms with Gasteiger partial charge in [0, 0.05) is 13.2 Å². The van der Waals surface area contributed by atoms with Crippen LogP contribution < -0.4 is 0 Å². The van der Waals surface area contributed by atoms with E-state index in [0.29, 0.717) is 0 Å². The fourth-order valence-corrected chi connectivity index (χ4v) is 1.24. The number of hydrogen-bond acceptors (Lipinski definition) is 3. The van der Waals surface area contributed by atoms with Gasteiger partial charge in [0.05, 0.1) is 0 Å². The van der Waals surface area contributed by atoms with Crippen LogP contribution in [0.25, 0.3) is 0 Å². The summed E-state index contributed by atoms with van der Waals surface area (Å²) in [6.07, 6.45) is 4.75. The minimum atomic E-state index is -1.02. The van der Waals surface area contributed by atoms with E-state index in [0.717, 1.165) is 12.8 Å². The summed E-state index contributed by atoms with van der Waals surface area (Å²) in [4.78, 5) is 0. The molecule has 3 nitrogen and oxygen atoms in total. The van der Waals surface area contributed by atoms with Gasteiger partial charge >= 0.3 is 7.32 Å². The smallest absolute Gasteiger partial charge is 0.402 e. The standard InChI is InChI=1S/C6H13BO3/c1-9-7(8)10-6-4-2-3-5-6/h6,8H,2-5H2,1H3. The summed E-state index contributed by atoms with van der Waals surface area (Å²) >= 11 is 0. The SMILES string of the molecule is COB(O)OC1CCCC1. The van der Waals surface area contributed by atoms with E-state index >= 15 is 0 Å². The average Bonchev–Trinajstić information content (AvgIpc) is 2.40. The maximum Gasteiger partial charge on any atom is 0.636 e. The van der Waals surface area contributed by atoms with Crippen LogP contribution in [0.5, 0.6) is 0 Å². The van der Waals surface area contributed by atoms with Crippen molar-refractivity contribution < 1.29 is 14.3 Å². The van der Waals surface area contributed by atoms with Gasteiger partial charge < -0.3 is 14.3 Å². The molecule has 1 saturated carbocycles. The van der Waals surface area contributed by atoms with E-state index in [1.165, 1.54) is 20.0 Å². The van der Waals surface area contributed by atoms with Gasteiger partial charge in [-0.25, -0.2) is 0 Å². The second-order valence-corrected chi connectivity index (χ2v) is 2.59. The van der Waals surface area contributed by atoms with Gasteiger partial charge in [0.1, 0.15) is 0 Å². The largest absolute Gasteiger partial charge is 0.636 e. The van der Waals surface area contributed by atoms with Gasteiger partial charge in [0.25, 0.3) is 0 Å². The van der Waals surface area contributed by atoms with Crippen LogP contribution in [-0.2, 0) is 9.31 Å². The third-order valence-corrected chi connectivity index (χ3v) is 1.81. The van der Waals surface area contributed by atoms with Crippen molar-refractivity contribution >= 4 is 7.32 Å². The van der Waals surface area contributed by atoms with Gasteiger partial charge in [-0.1, -0.05) is 12.8 Å². The van der Waals surface area contributed by atoms with Crippen LogP contribution in [0.1, 0.15) is 25.7 Å². The highest BCUT2D eigenvalue weighted by molar-refractivity contribution is 6.34. The molecule has 0 saturated heterocycles. The molecule has 0 spiro atoms. The second kappa shape index (κ2) is 3.96. The lowest BCUT2D eigenvalue weighted by molar-refractivity contribution is 0.106. The third kappa shape index (κ3) is 2.29. The Hall–Kier alpha value is -0.0551. The summed E-state index contributed by atoms with van der Waals surface area (Å²) in [6, 6.07) is 0. The summed E-state index contributed by atoms with van der Waals surface area (Å²) in [5.74, 6) is 0. The molecule has 1 aliphatic carbocycles. The Morgan fingerprint density at radius 2 is 2.00 bits per heavy atom. The maximum atomic E-state index is 8.87. The van der Waals surface area contributed by atoms with E-state index in [1.807, 2.05) is 0 Å². The van der Waals surface area contributed by atoms with E-state index in [1.54, 1.807) is 0 Å². The first-order chi connectivity index (χ1) is 4.83. The molecule has 0 amide bonds. The lowest BCUT2D eigenvalue weighted by atomic mass is 10.2. The molecule has 0 bridgehead atoms. The van der Waals surface area contributed by atoms with E-state index in [9.17, 15) is 0 Å². The first kappa shape index (κ1) is 8.05. The van der Waals surface area contributed by atoms with E-state index in [-0.39, 0.29) is 6.10 Å². The van der Waals surface area contributed by atoms with E-state index < -0.39 is 7.32 Å². The van der Waals surface area contributed by atoms with E-state index in [4.69, 9.17) is 9.68 Å². The van der Waals surface area contributed by atoms with E-state index in [2.05, 4.69) is 4.65 Å². The molecule has 0 aromatic heterocycles. The van der Waals surface area contributed by atoms with Crippen molar-refractivity contribution in [2.45, 2.75) is 31.8 Å². The zero-order chi connectivity index (χ0) is 7.40. The van der Waals surface area contributed by atoms with Crippen molar-refractivity contribution in [1.29, 1.82) is 0 Å². The predicted octanol–water partition coefficient (Wildman–Crippen LogP) is 0.569. The molecule has 0 radical (unpaired) electrons. The maximum absolute atomic E-state index is 8.87. The van der Waals surface area contributed by atoms with Crippen molar-refractivity contribution in [2.75, 3.05) is 7.11 Å². The predicted molar refractivity (Wildman–Crippen MR) is 38.3 cm³/mol. The Balaban J connectivity index is 2.11. The molecule has 0 atom stereocenters. The highest BCUT2D eigenvalue weighted by Gasteiger charge is 2.22. The molecule has 4 heteroatoms. The Morgan fingerprint density at radius 3 is 2.50 bits per heavy atom. The molecule has 58 valence electrons.